The van der Waals surface area contributed by atoms with Crippen molar-refractivity contribution in [2.75, 3.05) is 0 Å². The van der Waals surface area contributed by atoms with Crippen LogP contribution < -0.4 is 0 Å². The van der Waals surface area contributed by atoms with Crippen LogP contribution in [0.3, 0.4) is 0 Å². The van der Waals surface area contributed by atoms with Gasteiger partial charge in [0.25, 0.3) is 0 Å². The van der Waals surface area contributed by atoms with E-state index in [2.05, 4.69) is 18.9 Å². The molecule has 2 rings (SSSR count). The number of aryl methyl sites for hydroxylation is 1. The standard InChI is InChI=1S/C10H15ClN2O/c1-6-4-10(14,7(6)2)9-8(11)5-12-13(9)3/h5-7,14H,4H2,1-3H3. The molecule has 3 atom stereocenters. The molecular weight excluding hydrogens is 200 g/mol. The Morgan fingerprint density at radius 1 is 1.64 bits per heavy atom. The van der Waals surface area contributed by atoms with E-state index in [1.54, 1.807) is 10.9 Å². The van der Waals surface area contributed by atoms with Crippen molar-refractivity contribution < 1.29 is 5.11 Å². The zero-order chi connectivity index (χ0) is 10.5. The number of hydrogen-bond donors (Lipinski definition) is 1. The molecule has 3 nitrogen and oxygen atoms in total. The maximum Gasteiger partial charge on any atom is 0.111 e. The molecule has 1 saturated carbocycles. The van der Waals surface area contributed by atoms with E-state index in [0.717, 1.165) is 12.1 Å². The van der Waals surface area contributed by atoms with Gasteiger partial charge in [-0.2, -0.15) is 5.10 Å². The highest BCUT2D eigenvalue weighted by molar-refractivity contribution is 6.31. The van der Waals surface area contributed by atoms with Gasteiger partial charge in [0.15, 0.2) is 0 Å². The molecule has 0 amide bonds. The molecule has 0 saturated heterocycles. The van der Waals surface area contributed by atoms with E-state index in [1.807, 2.05) is 7.05 Å². The molecule has 0 aliphatic heterocycles. The van der Waals surface area contributed by atoms with Crippen LogP contribution in [0.2, 0.25) is 5.02 Å². The van der Waals surface area contributed by atoms with Gasteiger partial charge in [0, 0.05) is 7.05 Å². The smallest absolute Gasteiger partial charge is 0.111 e. The second kappa shape index (κ2) is 2.97. The Kier molecular flexibility index (Phi) is 2.12. The van der Waals surface area contributed by atoms with Crippen molar-refractivity contribution >= 4 is 11.6 Å². The van der Waals surface area contributed by atoms with E-state index >= 15 is 0 Å². The lowest BCUT2D eigenvalue weighted by Crippen LogP contribution is -2.50. The highest BCUT2D eigenvalue weighted by atomic mass is 35.5. The Labute approximate surface area is 88.7 Å². The molecular formula is C10H15ClN2O. The summed E-state index contributed by atoms with van der Waals surface area (Å²) in [5.74, 6) is 0.793. The highest BCUT2D eigenvalue weighted by Crippen LogP contribution is 2.51. The van der Waals surface area contributed by atoms with Crippen molar-refractivity contribution in [1.29, 1.82) is 0 Å². The Balaban J connectivity index is 2.41. The average Bonchev–Trinajstić information content (AvgIpc) is 2.46. The zero-order valence-corrected chi connectivity index (χ0v) is 9.41. The number of halogens is 1. The summed E-state index contributed by atoms with van der Waals surface area (Å²) in [6.07, 6.45) is 2.36. The molecule has 1 heterocycles. The predicted molar refractivity (Wildman–Crippen MR) is 55.1 cm³/mol. The maximum absolute atomic E-state index is 10.4. The van der Waals surface area contributed by atoms with Gasteiger partial charge in [-0.1, -0.05) is 25.4 Å². The molecule has 3 unspecified atom stereocenters. The van der Waals surface area contributed by atoms with Gasteiger partial charge in [0.05, 0.1) is 16.9 Å². The topological polar surface area (TPSA) is 38.1 Å². The lowest BCUT2D eigenvalue weighted by atomic mass is 9.61. The fraction of sp³-hybridized carbons (Fsp3) is 0.700. The number of rotatable bonds is 1. The maximum atomic E-state index is 10.4. The second-order valence-corrected chi connectivity index (χ2v) is 4.77. The largest absolute Gasteiger partial charge is 0.383 e. The van der Waals surface area contributed by atoms with Crippen molar-refractivity contribution in [2.45, 2.75) is 25.9 Å². The van der Waals surface area contributed by atoms with Gasteiger partial charge in [-0.3, -0.25) is 4.68 Å². The van der Waals surface area contributed by atoms with Gasteiger partial charge in [-0.25, -0.2) is 0 Å². The van der Waals surface area contributed by atoms with Gasteiger partial charge >= 0.3 is 0 Å². The van der Waals surface area contributed by atoms with Crippen LogP contribution in [0.1, 0.15) is 26.0 Å². The third-order valence-corrected chi connectivity index (χ3v) is 3.82. The van der Waals surface area contributed by atoms with Crippen molar-refractivity contribution in [3.8, 4) is 0 Å². The Morgan fingerprint density at radius 3 is 2.64 bits per heavy atom. The molecule has 1 N–H and O–H groups in total. The first-order valence-corrected chi connectivity index (χ1v) is 5.25. The van der Waals surface area contributed by atoms with Crippen molar-refractivity contribution in [3.63, 3.8) is 0 Å². The molecule has 0 radical (unpaired) electrons. The normalized spacial score (nSPS) is 36.9. The number of nitrogens with zero attached hydrogens (tertiary/aromatic N) is 2. The van der Waals surface area contributed by atoms with Gasteiger partial charge in [-0.15, -0.1) is 0 Å². The zero-order valence-electron chi connectivity index (χ0n) is 8.66. The molecule has 0 bridgehead atoms. The van der Waals surface area contributed by atoms with Gasteiger partial charge in [0.1, 0.15) is 5.60 Å². The number of aliphatic hydroxyl groups is 1. The number of aromatic nitrogens is 2. The molecule has 1 aliphatic rings. The fourth-order valence-corrected chi connectivity index (χ4v) is 2.70. The molecule has 14 heavy (non-hydrogen) atoms. The van der Waals surface area contributed by atoms with E-state index in [-0.39, 0.29) is 5.92 Å². The van der Waals surface area contributed by atoms with E-state index < -0.39 is 5.60 Å². The molecule has 78 valence electrons. The van der Waals surface area contributed by atoms with E-state index in [4.69, 9.17) is 11.6 Å². The average molecular weight is 215 g/mol. The summed E-state index contributed by atoms with van der Waals surface area (Å²) in [5.41, 5.74) is -0.0216. The molecule has 1 aromatic rings. The Bertz CT molecular complexity index is 344. The molecule has 1 aliphatic carbocycles. The molecule has 1 aromatic heterocycles. The first-order valence-electron chi connectivity index (χ1n) is 4.87. The first kappa shape index (κ1) is 9.99. The quantitative estimate of drug-likeness (QED) is 0.776. The summed E-state index contributed by atoms with van der Waals surface area (Å²) in [6, 6.07) is 0. The van der Waals surface area contributed by atoms with Crippen LogP contribution >= 0.6 is 11.6 Å². The van der Waals surface area contributed by atoms with Crippen LogP contribution in [0.15, 0.2) is 6.20 Å². The van der Waals surface area contributed by atoms with Crippen LogP contribution in [0, 0.1) is 11.8 Å². The SMILES string of the molecule is CC1CC(O)(c2c(Cl)cnn2C)C1C. The summed E-state index contributed by atoms with van der Waals surface area (Å²) in [6.45, 7) is 4.20. The summed E-state index contributed by atoms with van der Waals surface area (Å²) >= 11 is 6.01. The predicted octanol–water partition coefficient (Wildman–Crippen LogP) is 1.94. The molecule has 4 heteroatoms. The number of hydrogen-bond acceptors (Lipinski definition) is 2. The van der Waals surface area contributed by atoms with E-state index in [0.29, 0.717) is 10.9 Å². The van der Waals surface area contributed by atoms with Crippen molar-refractivity contribution in [3.05, 3.63) is 16.9 Å². The van der Waals surface area contributed by atoms with Crippen LogP contribution in [0.5, 0.6) is 0 Å². The first-order chi connectivity index (χ1) is 6.47. The summed E-state index contributed by atoms with van der Waals surface area (Å²) in [4.78, 5) is 0. The van der Waals surface area contributed by atoms with Gasteiger partial charge in [-0.05, 0) is 18.3 Å². The third-order valence-electron chi connectivity index (χ3n) is 3.54. The molecule has 0 aromatic carbocycles. The van der Waals surface area contributed by atoms with E-state index in [9.17, 15) is 5.11 Å². The fourth-order valence-electron chi connectivity index (χ4n) is 2.37. The summed E-state index contributed by atoms with van der Waals surface area (Å²) < 4.78 is 1.67. The van der Waals surface area contributed by atoms with Gasteiger partial charge in [0.2, 0.25) is 0 Å². The molecule has 0 spiro atoms. The lowest BCUT2D eigenvalue weighted by Gasteiger charge is -2.49. The van der Waals surface area contributed by atoms with Crippen LogP contribution in [-0.2, 0) is 12.6 Å². The minimum absolute atomic E-state index is 0.246. The van der Waals surface area contributed by atoms with Gasteiger partial charge < -0.3 is 5.11 Å². The minimum atomic E-state index is -0.776. The monoisotopic (exact) mass is 214 g/mol. The molecule has 1 fully saturated rings. The lowest BCUT2D eigenvalue weighted by molar-refractivity contribution is -0.137. The van der Waals surface area contributed by atoms with Crippen molar-refractivity contribution in [1.82, 2.24) is 9.78 Å². The third kappa shape index (κ3) is 1.12. The van der Waals surface area contributed by atoms with Crippen LogP contribution in [-0.4, -0.2) is 14.9 Å². The minimum Gasteiger partial charge on any atom is -0.383 e. The van der Waals surface area contributed by atoms with Crippen molar-refractivity contribution in [2.24, 2.45) is 18.9 Å². The Morgan fingerprint density at radius 2 is 2.29 bits per heavy atom. The summed E-state index contributed by atoms with van der Waals surface area (Å²) in [7, 11) is 1.81. The second-order valence-electron chi connectivity index (χ2n) is 4.36. The Hall–Kier alpha value is -0.540. The highest BCUT2D eigenvalue weighted by Gasteiger charge is 2.51. The summed E-state index contributed by atoms with van der Waals surface area (Å²) in [5, 5.41) is 15.0. The van der Waals surface area contributed by atoms with E-state index in [1.165, 1.54) is 0 Å². The van der Waals surface area contributed by atoms with Crippen LogP contribution in [0.4, 0.5) is 0 Å². The van der Waals surface area contributed by atoms with Crippen LogP contribution in [0.25, 0.3) is 0 Å².